The van der Waals surface area contributed by atoms with Gasteiger partial charge in [-0.05, 0) is 81.4 Å². The van der Waals surface area contributed by atoms with Crippen LogP contribution in [0.4, 0.5) is 0 Å². The van der Waals surface area contributed by atoms with Crippen LogP contribution >= 0.6 is 45.2 Å². The molecule has 3 rings (SSSR count). The second-order valence-electron chi connectivity index (χ2n) is 3.96. The fraction of sp³-hybridized carbons (Fsp3) is 0.154. The third kappa shape index (κ3) is 1.85. The van der Waals surface area contributed by atoms with Crippen molar-refractivity contribution in [2.45, 2.75) is 13.3 Å². The number of aromatic nitrogens is 2. The van der Waals surface area contributed by atoms with E-state index in [2.05, 4.69) is 86.3 Å². The molecule has 1 aromatic heterocycles. The molecular weight excluding hydrogens is 438 g/mol. The lowest BCUT2D eigenvalue weighted by atomic mass is 10.1. The smallest absolute Gasteiger partial charge is 0.102 e. The van der Waals surface area contributed by atoms with Gasteiger partial charge in [0, 0.05) is 10.9 Å². The average Bonchev–Trinajstić information content (AvgIpc) is 2.62. The minimum atomic E-state index is 1.04. The maximum Gasteiger partial charge on any atom is 0.102 e. The zero-order chi connectivity index (χ0) is 12.0. The molecule has 1 aromatic rings. The van der Waals surface area contributed by atoms with Crippen molar-refractivity contribution >= 4 is 56.1 Å². The van der Waals surface area contributed by atoms with Crippen molar-refractivity contribution in [3.63, 3.8) is 0 Å². The van der Waals surface area contributed by atoms with Crippen LogP contribution in [-0.4, -0.2) is 9.97 Å². The van der Waals surface area contributed by atoms with E-state index in [1.54, 1.807) is 0 Å². The molecular formula is C13H10I2N2. The van der Waals surface area contributed by atoms with Crippen LogP contribution in [0.25, 0.3) is 22.2 Å². The first kappa shape index (κ1) is 11.7. The molecule has 86 valence electrons. The quantitative estimate of drug-likeness (QED) is 0.433. The fourth-order valence-electron chi connectivity index (χ4n) is 2.30. The zero-order valence-corrected chi connectivity index (χ0v) is 13.5. The molecule has 0 spiro atoms. The minimum absolute atomic E-state index is 1.04. The van der Waals surface area contributed by atoms with Gasteiger partial charge in [0.25, 0.3) is 0 Å². The summed E-state index contributed by atoms with van der Waals surface area (Å²) in [5.41, 5.74) is 4.97. The normalized spacial score (nSPS) is 11.5. The van der Waals surface area contributed by atoms with Gasteiger partial charge in [-0.3, -0.25) is 0 Å². The third-order valence-electron chi connectivity index (χ3n) is 3.01. The van der Waals surface area contributed by atoms with Gasteiger partial charge in [-0.15, -0.1) is 0 Å². The number of nitrogens with zero attached hydrogens (tertiary/aromatic N) is 1. The molecule has 0 saturated carbocycles. The summed E-state index contributed by atoms with van der Waals surface area (Å²) in [6.07, 6.45) is 1.04. The Morgan fingerprint density at radius 3 is 2.76 bits per heavy atom. The van der Waals surface area contributed by atoms with E-state index in [0.29, 0.717) is 0 Å². The molecule has 2 aliphatic rings. The topological polar surface area (TPSA) is 28.7 Å². The van der Waals surface area contributed by atoms with E-state index in [4.69, 9.17) is 0 Å². The monoisotopic (exact) mass is 448 g/mol. The minimum Gasteiger partial charge on any atom is -0.348 e. The number of halogens is 2. The van der Waals surface area contributed by atoms with Gasteiger partial charge in [-0.2, -0.15) is 0 Å². The summed E-state index contributed by atoms with van der Waals surface area (Å²) in [4.78, 5) is 8.10. The Bertz CT molecular complexity index is 673. The number of hydrogen-bond donors (Lipinski definition) is 1. The number of aromatic amines is 1. The highest BCUT2D eigenvalue weighted by molar-refractivity contribution is 14.1. The lowest BCUT2D eigenvalue weighted by Crippen LogP contribution is -1.88. The summed E-state index contributed by atoms with van der Waals surface area (Å²) in [5, 5.41) is 1.28. The van der Waals surface area contributed by atoms with Crippen molar-refractivity contribution in [1.29, 1.82) is 0 Å². The molecule has 0 atom stereocenters. The largest absolute Gasteiger partial charge is 0.348 e. The Morgan fingerprint density at radius 2 is 2.00 bits per heavy atom. The van der Waals surface area contributed by atoms with E-state index in [1.165, 1.54) is 22.2 Å². The first-order valence-electron chi connectivity index (χ1n) is 5.46. The van der Waals surface area contributed by atoms with Gasteiger partial charge in [-0.25, -0.2) is 4.98 Å². The Hall–Kier alpha value is -0.370. The van der Waals surface area contributed by atoms with E-state index < -0.39 is 0 Å². The summed E-state index contributed by atoms with van der Waals surface area (Å²) in [6.45, 7) is 2.20. The van der Waals surface area contributed by atoms with E-state index in [-0.39, 0.29) is 0 Å². The second kappa shape index (κ2) is 4.38. The molecule has 0 aromatic carbocycles. The van der Waals surface area contributed by atoms with Gasteiger partial charge >= 0.3 is 0 Å². The number of aryl methyl sites for hydroxylation is 1. The fourth-order valence-corrected chi connectivity index (χ4v) is 3.17. The van der Waals surface area contributed by atoms with Crippen LogP contribution in [0.3, 0.4) is 0 Å². The SMILES string of the molecule is CCc1c2ccc(I)[nH]c-2c2nc(I)ccc12. The number of hydrogen-bond acceptors (Lipinski definition) is 1. The second-order valence-corrected chi connectivity index (χ2v) is 6.22. The molecule has 1 aliphatic carbocycles. The molecule has 0 unspecified atom stereocenters. The van der Waals surface area contributed by atoms with Crippen LogP contribution in [0.2, 0.25) is 0 Å². The standard InChI is InChI=1S/C13H10I2N2/c1-2-7-8-3-5-10(14)16-12(8)13-9(7)4-6-11(15)17-13/h3-6,16H,2H2,1H3. The summed E-state index contributed by atoms with van der Waals surface area (Å²) in [7, 11) is 0. The van der Waals surface area contributed by atoms with Crippen molar-refractivity contribution in [1.82, 2.24) is 9.97 Å². The van der Waals surface area contributed by atoms with E-state index in [1.807, 2.05) is 0 Å². The number of rotatable bonds is 1. The van der Waals surface area contributed by atoms with Crippen LogP contribution in [0.15, 0.2) is 24.3 Å². The highest BCUT2D eigenvalue weighted by atomic mass is 127. The number of fused-ring (bicyclic) bond motifs is 3. The lowest BCUT2D eigenvalue weighted by Gasteiger charge is -2.02. The first-order chi connectivity index (χ1) is 8.20. The molecule has 2 heterocycles. The molecule has 1 N–H and O–H groups in total. The van der Waals surface area contributed by atoms with Crippen molar-refractivity contribution in [3.8, 4) is 11.3 Å². The zero-order valence-electron chi connectivity index (χ0n) is 9.22. The van der Waals surface area contributed by atoms with E-state index in [9.17, 15) is 0 Å². The van der Waals surface area contributed by atoms with Crippen LogP contribution in [0.5, 0.6) is 0 Å². The average molecular weight is 448 g/mol. The number of pyridine rings is 2. The van der Waals surface area contributed by atoms with Gasteiger partial charge in [-0.1, -0.05) is 6.92 Å². The molecule has 0 fully saturated rings. The maximum atomic E-state index is 4.67. The predicted octanol–water partition coefficient (Wildman–Crippen LogP) is 4.44. The Morgan fingerprint density at radius 1 is 1.18 bits per heavy atom. The number of H-pyrrole nitrogens is 1. The molecule has 1 aliphatic heterocycles. The van der Waals surface area contributed by atoms with Crippen LogP contribution in [-0.2, 0) is 6.42 Å². The van der Waals surface area contributed by atoms with Gasteiger partial charge in [0.05, 0.1) is 14.9 Å². The van der Waals surface area contributed by atoms with Gasteiger partial charge in [0.2, 0.25) is 0 Å². The van der Waals surface area contributed by atoms with Crippen molar-refractivity contribution in [2.24, 2.45) is 0 Å². The molecule has 2 nitrogen and oxygen atoms in total. The molecule has 0 amide bonds. The Balaban J connectivity index is 2.51. The molecule has 17 heavy (non-hydrogen) atoms. The maximum absolute atomic E-state index is 4.67. The molecule has 4 heteroatoms. The Kier molecular flexibility index (Phi) is 3.02. The van der Waals surface area contributed by atoms with Crippen LogP contribution in [0.1, 0.15) is 12.5 Å². The van der Waals surface area contributed by atoms with E-state index >= 15 is 0 Å². The molecule has 0 radical (unpaired) electrons. The van der Waals surface area contributed by atoms with Crippen molar-refractivity contribution in [2.75, 3.05) is 0 Å². The van der Waals surface area contributed by atoms with Crippen molar-refractivity contribution < 1.29 is 0 Å². The highest BCUT2D eigenvalue weighted by Crippen LogP contribution is 2.37. The lowest BCUT2D eigenvalue weighted by molar-refractivity contribution is 1.16. The summed E-state index contributed by atoms with van der Waals surface area (Å²) < 4.78 is 2.18. The molecule has 0 bridgehead atoms. The summed E-state index contributed by atoms with van der Waals surface area (Å²) in [6, 6.07) is 8.57. The third-order valence-corrected chi connectivity index (χ3v) is 4.24. The van der Waals surface area contributed by atoms with Gasteiger partial charge in [0.15, 0.2) is 0 Å². The van der Waals surface area contributed by atoms with E-state index in [0.717, 1.165) is 19.3 Å². The Labute approximate surface area is 127 Å². The number of nitrogens with one attached hydrogen (secondary N) is 1. The van der Waals surface area contributed by atoms with Gasteiger partial charge < -0.3 is 4.98 Å². The van der Waals surface area contributed by atoms with Crippen LogP contribution in [0, 0.1) is 7.40 Å². The summed E-state index contributed by atoms with van der Waals surface area (Å²) in [5.74, 6) is 0. The van der Waals surface area contributed by atoms with Crippen LogP contribution < -0.4 is 0 Å². The first-order valence-corrected chi connectivity index (χ1v) is 7.61. The van der Waals surface area contributed by atoms with Crippen molar-refractivity contribution in [3.05, 3.63) is 37.2 Å². The van der Waals surface area contributed by atoms with Gasteiger partial charge in [0.1, 0.15) is 3.70 Å². The highest BCUT2D eigenvalue weighted by Gasteiger charge is 2.18. The summed E-state index contributed by atoms with van der Waals surface area (Å²) >= 11 is 4.57. The predicted molar refractivity (Wildman–Crippen MR) is 87.5 cm³/mol. The molecule has 0 saturated heterocycles.